The summed E-state index contributed by atoms with van der Waals surface area (Å²) in [6.45, 7) is 0. The van der Waals surface area contributed by atoms with Crippen LogP contribution >= 0.6 is 0 Å². The van der Waals surface area contributed by atoms with Gasteiger partial charge in [0, 0.05) is 12.1 Å². The predicted molar refractivity (Wildman–Crippen MR) is 75.8 cm³/mol. The lowest BCUT2D eigenvalue weighted by Gasteiger charge is -2.08. The van der Waals surface area contributed by atoms with Crippen molar-refractivity contribution in [2.75, 3.05) is 7.11 Å². The van der Waals surface area contributed by atoms with E-state index in [-0.39, 0.29) is 27.3 Å². The standard InChI is InChI=1S/C14H10O8S/c1-20-11-6-8(2-3-10(11)13(15)16)22-14(17)12-7-9(23(18)19)4-5-21-12/h2-7H,1H3,(H,15,16). The highest BCUT2D eigenvalue weighted by Crippen LogP contribution is 2.25. The van der Waals surface area contributed by atoms with E-state index in [2.05, 4.69) is 0 Å². The van der Waals surface area contributed by atoms with Crippen LogP contribution in [0.25, 0.3) is 0 Å². The Morgan fingerprint density at radius 1 is 1.17 bits per heavy atom. The Morgan fingerprint density at radius 3 is 2.52 bits per heavy atom. The smallest absolute Gasteiger partial charge is 0.379 e. The van der Waals surface area contributed by atoms with E-state index in [4.69, 9.17) is 19.0 Å². The molecule has 1 heterocycles. The number of rotatable bonds is 4. The number of aromatic carboxylic acids is 1. The van der Waals surface area contributed by atoms with E-state index in [9.17, 15) is 18.0 Å². The van der Waals surface area contributed by atoms with Crippen LogP contribution in [0.3, 0.4) is 0 Å². The molecule has 1 N–H and O–H groups in total. The minimum absolute atomic E-state index is 0.00847. The van der Waals surface area contributed by atoms with E-state index in [0.29, 0.717) is 0 Å². The van der Waals surface area contributed by atoms with Crippen LogP contribution in [0.1, 0.15) is 20.9 Å². The van der Waals surface area contributed by atoms with E-state index in [1.54, 1.807) is 0 Å². The molecule has 2 rings (SSSR count). The van der Waals surface area contributed by atoms with Gasteiger partial charge in [-0.1, -0.05) is 0 Å². The van der Waals surface area contributed by atoms with Crippen LogP contribution in [0, 0.1) is 4.51 Å². The molecule has 120 valence electrons. The van der Waals surface area contributed by atoms with Gasteiger partial charge in [-0.15, -0.1) is 0 Å². The number of carboxylic acids is 1. The van der Waals surface area contributed by atoms with Crippen LogP contribution in [0.5, 0.6) is 11.5 Å². The van der Waals surface area contributed by atoms with Crippen molar-refractivity contribution in [2.24, 2.45) is 0 Å². The van der Waals surface area contributed by atoms with Gasteiger partial charge in [0.25, 0.3) is 0 Å². The Balaban J connectivity index is 2.32. The fraction of sp³-hybridized carbons (Fsp3) is 0.0714. The molecular weight excluding hydrogens is 328 g/mol. The Bertz CT molecular complexity index is 931. The van der Waals surface area contributed by atoms with Crippen molar-refractivity contribution in [1.29, 1.82) is 0 Å². The molecule has 0 amide bonds. The zero-order valence-corrected chi connectivity index (χ0v) is 12.5. The van der Waals surface area contributed by atoms with Crippen molar-refractivity contribution in [2.45, 2.75) is 0 Å². The number of esters is 1. The van der Waals surface area contributed by atoms with Crippen LogP contribution in [0.2, 0.25) is 0 Å². The molecule has 0 aliphatic rings. The molecule has 0 spiro atoms. The topological polar surface area (TPSA) is 120 Å². The highest BCUT2D eigenvalue weighted by atomic mass is 32.2. The normalized spacial score (nSPS) is 9.96. The van der Waals surface area contributed by atoms with Gasteiger partial charge in [-0.3, -0.25) is 0 Å². The lowest BCUT2D eigenvalue weighted by Crippen LogP contribution is -2.09. The molecule has 9 heteroatoms. The number of hydrogen-bond donors (Lipinski definition) is 1. The SMILES string of the molecule is COc1cc(OC(=O)c2cc(=S(=O)=O)cco2)ccc1C(=O)O. The average Bonchev–Trinajstić information content (AvgIpc) is 2.54. The molecule has 1 aromatic carbocycles. The number of ether oxygens (including phenoxy) is 2. The third kappa shape index (κ3) is 3.77. The van der Waals surface area contributed by atoms with Crippen molar-refractivity contribution in [1.82, 2.24) is 0 Å². The second kappa shape index (κ2) is 6.79. The summed E-state index contributed by atoms with van der Waals surface area (Å²) in [6, 6.07) is 5.87. The van der Waals surface area contributed by atoms with Gasteiger partial charge in [-0.25, -0.2) is 9.59 Å². The summed E-state index contributed by atoms with van der Waals surface area (Å²) in [7, 11) is -1.25. The summed E-state index contributed by atoms with van der Waals surface area (Å²) >= 11 is 0. The number of hydrogen-bond acceptors (Lipinski definition) is 7. The summed E-state index contributed by atoms with van der Waals surface area (Å²) in [5.74, 6) is -2.44. The molecule has 2 aromatic rings. The van der Waals surface area contributed by atoms with E-state index in [1.807, 2.05) is 0 Å². The predicted octanol–water partition coefficient (Wildman–Crippen LogP) is 1.62. The third-order valence-electron chi connectivity index (χ3n) is 2.71. The molecule has 0 aliphatic heterocycles. The minimum Gasteiger partial charge on any atom is -0.496 e. The van der Waals surface area contributed by atoms with Crippen LogP contribution in [-0.4, -0.2) is 32.6 Å². The van der Waals surface area contributed by atoms with Crippen molar-refractivity contribution >= 4 is 22.2 Å². The van der Waals surface area contributed by atoms with Crippen LogP contribution in [0.15, 0.2) is 41.0 Å². The van der Waals surface area contributed by atoms with Crippen LogP contribution in [-0.2, 0) is 10.3 Å². The fourth-order valence-corrected chi connectivity index (χ4v) is 2.04. The van der Waals surface area contributed by atoms with Gasteiger partial charge in [0.05, 0.1) is 13.4 Å². The van der Waals surface area contributed by atoms with Crippen molar-refractivity contribution < 1.29 is 37.0 Å². The molecule has 8 nitrogen and oxygen atoms in total. The van der Waals surface area contributed by atoms with Crippen molar-refractivity contribution in [3.63, 3.8) is 0 Å². The van der Waals surface area contributed by atoms with Gasteiger partial charge in [0.2, 0.25) is 16.1 Å². The van der Waals surface area contributed by atoms with Gasteiger partial charge in [-0.2, -0.15) is 8.42 Å². The Morgan fingerprint density at radius 2 is 1.91 bits per heavy atom. The second-order valence-electron chi connectivity index (χ2n) is 4.12. The molecular formula is C14H10O8S. The first-order valence-corrected chi connectivity index (χ1v) is 7.14. The van der Waals surface area contributed by atoms with Crippen molar-refractivity contribution in [3.05, 3.63) is 52.4 Å². The first-order valence-electron chi connectivity index (χ1n) is 6.07. The lowest BCUT2D eigenvalue weighted by atomic mass is 10.2. The van der Waals surface area contributed by atoms with E-state index >= 15 is 0 Å². The zero-order valence-electron chi connectivity index (χ0n) is 11.7. The minimum atomic E-state index is -2.52. The number of carbonyl (C=O) groups is 2. The second-order valence-corrected chi connectivity index (χ2v) is 5.06. The van der Waals surface area contributed by atoms with Crippen molar-refractivity contribution in [3.8, 4) is 11.5 Å². The molecule has 1 aromatic heterocycles. The van der Waals surface area contributed by atoms with E-state index in [0.717, 1.165) is 12.3 Å². The molecule has 0 radical (unpaired) electrons. The largest absolute Gasteiger partial charge is 0.496 e. The first-order chi connectivity index (χ1) is 10.9. The van der Waals surface area contributed by atoms with Gasteiger partial charge in [-0.05, 0) is 18.2 Å². The first kappa shape index (κ1) is 16.3. The van der Waals surface area contributed by atoms with Gasteiger partial charge in [0.15, 0.2) is 0 Å². The zero-order chi connectivity index (χ0) is 17.0. The van der Waals surface area contributed by atoms with Gasteiger partial charge >= 0.3 is 11.9 Å². The quantitative estimate of drug-likeness (QED) is 0.507. The lowest BCUT2D eigenvalue weighted by molar-refractivity contribution is 0.0691. The van der Waals surface area contributed by atoms with E-state index < -0.39 is 22.2 Å². The number of benzene rings is 1. The summed E-state index contributed by atoms with van der Waals surface area (Å²) in [5, 5.41) is 8.97. The fourth-order valence-electron chi connectivity index (χ4n) is 1.67. The molecule has 0 aliphatic carbocycles. The maximum atomic E-state index is 11.9. The van der Waals surface area contributed by atoms with Crippen LogP contribution in [0.4, 0.5) is 0 Å². The Hall–Kier alpha value is -3.07. The molecule has 0 unspecified atom stereocenters. The molecule has 0 saturated heterocycles. The monoisotopic (exact) mass is 338 g/mol. The summed E-state index contributed by atoms with van der Waals surface area (Å²) in [6.07, 6.45) is 1.04. The molecule has 23 heavy (non-hydrogen) atoms. The number of carbonyl (C=O) groups excluding carboxylic acids is 1. The third-order valence-corrected chi connectivity index (χ3v) is 3.35. The maximum Gasteiger partial charge on any atom is 0.379 e. The van der Waals surface area contributed by atoms with Crippen LogP contribution < -0.4 is 9.47 Å². The Kier molecular flexibility index (Phi) is 4.82. The van der Waals surface area contributed by atoms with Gasteiger partial charge in [0.1, 0.15) is 21.6 Å². The molecule has 0 saturated carbocycles. The highest BCUT2D eigenvalue weighted by Gasteiger charge is 2.15. The molecule has 0 fully saturated rings. The molecule has 0 bridgehead atoms. The summed E-state index contributed by atoms with van der Waals surface area (Å²) < 4.78 is 36.4. The highest BCUT2D eigenvalue weighted by molar-refractivity contribution is 7.63. The summed E-state index contributed by atoms with van der Waals surface area (Å²) in [4.78, 5) is 22.9. The average molecular weight is 338 g/mol. The van der Waals surface area contributed by atoms with Gasteiger partial charge < -0.3 is 19.0 Å². The maximum absolute atomic E-state index is 11.9. The number of carboxylic acid groups (broad SMARTS) is 1. The van der Waals surface area contributed by atoms with E-state index in [1.165, 1.54) is 31.4 Å². The molecule has 0 atom stereocenters. The Labute approximate surface area is 131 Å². The summed E-state index contributed by atoms with van der Waals surface area (Å²) in [5.41, 5.74) is -0.0965. The number of methoxy groups -OCH3 is 1.